The number of pyridine rings is 2. The number of hydrogen-bond acceptors (Lipinski definition) is 6. The van der Waals surface area contributed by atoms with Crippen LogP contribution in [0.1, 0.15) is 22.7 Å². The zero-order valence-electron chi connectivity index (χ0n) is 16.4. The maximum atomic E-state index is 12.9. The van der Waals surface area contributed by atoms with E-state index in [1.54, 1.807) is 43.0 Å². The molecular formula is C22H23N5O3. The fourth-order valence-corrected chi connectivity index (χ4v) is 3.13. The Kier molecular flexibility index (Phi) is 7.57. The molecule has 8 nitrogen and oxygen atoms in total. The first-order valence-electron chi connectivity index (χ1n) is 9.67. The number of nitrogens with one attached hydrogen (secondary N) is 2. The van der Waals surface area contributed by atoms with Gasteiger partial charge in [0.1, 0.15) is 6.04 Å². The van der Waals surface area contributed by atoms with E-state index in [1.165, 1.54) is 6.07 Å². The Hall–Kier alpha value is -3.65. The van der Waals surface area contributed by atoms with Crippen molar-refractivity contribution in [1.29, 1.82) is 0 Å². The van der Waals surface area contributed by atoms with Gasteiger partial charge in [-0.2, -0.15) is 0 Å². The number of nitrogens with zero attached hydrogens (tertiary/aromatic N) is 3. The summed E-state index contributed by atoms with van der Waals surface area (Å²) in [5.74, 6) is -0.303. The summed E-state index contributed by atoms with van der Waals surface area (Å²) in [6, 6.07) is 13.1. The minimum Gasteiger partial charge on any atom is -0.354 e. The molecule has 3 aromatic rings. The standard InChI is InChI=1S/C22H23N5O3/c28-22(26-15-10-18-4-3-11-24-16-18)21(19-5-1-2-6-20(19)27(29)30)25-14-9-17-7-12-23-13-8-17/h1-8,11-13,16,21,25H,9-10,14-15H2,(H,26,28). The number of aromatic nitrogens is 2. The molecule has 1 atom stereocenters. The molecule has 154 valence electrons. The van der Waals surface area contributed by atoms with Crippen molar-refractivity contribution in [3.05, 3.63) is 100 Å². The van der Waals surface area contributed by atoms with Crippen molar-refractivity contribution in [1.82, 2.24) is 20.6 Å². The van der Waals surface area contributed by atoms with Gasteiger partial charge in [0.15, 0.2) is 0 Å². The first-order valence-corrected chi connectivity index (χ1v) is 9.67. The van der Waals surface area contributed by atoms with Crippen LogP contribution in [0.4, 0.5) is 5.69 Å². The first kappa shape index (κ1) is 21.1. The van der Waals surface area contributed by atoms with E-state index in [9.17, 15) is 14.9 Å². The Morgan fingerprint density at radius 1 is 0.933 bits per heavy atom. The third-order valence-corrected chi connectivity index (χ3v) is 4.65. The summed E-state index contributed by atoms with van der Waals surface area (Å²) in [6.45, 7) is 0.893. The van der Waals surface area contributed by atoms with E-state index in [0.29, 0.717) is 31.5 Å². The van der Waals surface area contributed by atoms with Gasteiger partial charge in [0.05, 0.1) is 10.5 Å². The van der Waals surface area contributed by atoms with Gasteiger partial charge in [-0.15, -0.1) is 0 Å². The number of carbonyl (C=O) groups is 1. The zero-order valence-corrected chi connectivity index (χ0v) is 16.4. The van der Waals surface area contributed by atoms with E-state index < -0.39 is 11.0 Å². The van der Waals surface area contributed by atoms with E-state index in [1.807, 2.05) is 24.3 Å². The summed E-state index contributed by atoms with van der Waals surface area (Å²) in [7, 11) is 0. The van der Waals surface area contributed by atoms with E-state index in [4.69, 9.17) is 0 Å². The molecule has 0 aliphatic carbocycles. The zero-order chi connectivity index (χ0) is 21.2. The molecule has 0 aliphatic rings. The fraction of sp³-hybridized carbons (Fsp3) is 0.227. The molecule has 2 N–H and O–H groups in total. The summed E-state index contributed by atoms with van der Waals surface area (Å²) in [6.07, 6.45) is 8.15. The molecule has 0 aliphatic heterocycles. The van der Waals surface area contributed by atoms with E-state index in [0.717, 1.165) is 11.1 Å². The van der Waals surface area contributed by atoms with E-state index >= 15 is 0 Å². The van der Waals surface area contributed by atoms with Crippen LogP contribution in [0, 0.1) is 10.1 Å². The highest BCUT2D eigenvalue weighted by Gasteiger charge is 2.27. The lowest BCUT2D eigenvalue weighted by Crippen LogP contribution is -2.39. The van der Waals surface area contributed by atoms with E-state index in [2.05, 4.69) is 20.6 Å². The third-order valence-electron chi connectivity index (χ3n) is 4.65. The van der Waals surface area contributed by atoms with Crippen LogP contribution < -0.4 is 10.6 Å². The van der Waals surface area contributed by atoms with Gasteiger partial charge >= 0.3 is 0 Å². The monoisotopic (exact) mass is 405 g/mol. The van der Waals surface area contributed by atoms with Crippen LogP contribution in [0.3, 0.4) is 0 Å². The number of hydrogen-bond donors (Lipinski definition) is 2. The summed E-state index contributed by atoms with van der Waals surface area (Å²) < 4.78 is 0. The smallest absolute Gasteiger partial charge is 0.274 e. The van der Waals surface area contributed by atoms with Gasteiger partial charge in [-0.1, -0.05) is 24.3 Å². The molecule has 3 rings (SSSR count). The van der Waals surface area contributed by atoms with Gasteiger partial charge in [-0.05, 0) is 42.2 Å². The lowest BCUT2D eigenvalue weighted by Gasteiger charge is -2.19. The van der Waals surface area contributed by atoms with Gasteiger partial charge in [0, 0.05) is 43.9 Å². The van der Waals surface area contributed by atoms with Crippen LogP contribution in [-0.2, 0) is 17.6 Å². The second-order valence-corrected chi connectivity index (χ2v) is 6.71. The Morgan fingerprint density at radius 2 is 1.70 bits per heavy atom. The van der Waals surface area contributed by atoms with E-state index in [-0.39, 0.29) is 11.6 Å². The molecule has 0 saturated heterocycles. The quantitative estimate of drug-likeness (QED) is 0.396. The van der Waals surface area contributed by atoms with Gasteiger partial charge < -0.3 is 10.6 Å². The van der Waals surface area contributed by atoms with Crippen molar-refractivity contribution in [2.75, 3.05) is 13.1 Å². The SMILES string of the molecule is O=C(NCCc1cccnc1)C(NCCc1ccncc1)c1ccccc1[N+](=O)[O-]. The summed E-state index contributed by atoms with van der Waals surface area (Å²) in [4.78, 5) is 32.0. The van der Waals surface area contributed by atoms with Gasteiger partial charge in [-0.25, -0.2) is 0 Å². The van der Waals surface area contributed by atoms with Gasteiger partial charge in [0.25, 0.3) is 5.69 Å². The van der Waals surface area contributed by atoms with Crippen molar-refractivity contribution in [2.45, 2.75) is 18.9 Å². The number of benzene rings is 1. The fourth-order valence-electron chi connectivity index (χ4n) is 3.13. The second kappa shape index (κ2) is 10.8. The maximum Gasteiger partial charge on any atom is 0.274 e. The molecule has 0 saturated carbocycles. The number of carbonyl (C=O) groups excluding carboxylic acids is 1. The molecule has 0 radical (unpaired) electrons. The Balaban J connectivity index is 1.69. The van der Waals surface area contributed by atoms with Gasteiger partial charge in [-0.3, -0.25) is 24.9 Å². The van der Waals surface area contributed by atoms with Crippen molar-refractivity contribution in [3.63, 3.8) is 0 Å². The molecule has 1 unspecified atom stereocenters. The first-order chi connectivity index (χ1) is 14.6. The predicted molar refractivity (Wildman–Crippen MR) is 113 cm³/mol. The highest BCUT2D eigenvalue weighted by atomic mass is 16.6. The largest absolute Gasteiger partial charge is 0.354 e. The van der Waals surface area contributed by atoms with Crippen LogP contribution >= 0.6 is 0 Å². The van der Waals surface area contributed by atoms with Crippen LogP contribution in [-0.4, -0.2) is 33.9 Å². The molecule has 2 aromatic heterocycles. The molecule has 30 heavy (non-hydrogen) atoms. The molecule has 1 aromatic carbocycles. The van der Waals surface area contributed by atoms with Crippen molar-refractivity contribution in [2.24, 2.45) is 0 Å². The highest BCUT2D eigenvalue weighted by Crippen LogP contribution is 2.25. The Bertz CT molecular complexity index is 967. The minimum absolute atomic E-state index is 0.0821. The highest BCUT2D eigenvalue weighted by molar-refractivity contribution is 5.84. The molecule has 0 spiro atoms. The Morgan fingerprint density at radius 3 is 2.43 bits per heavy atom. The lowest BCUT2D eigenvalue weighted by atomic mass is 10.0. The average Bonchev–Trinajstić information content (AvgIpc) is 2.78. The van der Waals surface area contributed by atoms with Gasteiger partial charge in [0.2, 0.25) is 5.91 Å². The second-order valence-electron chi connectivity index (χ2n) is 6.71. The minimum atomic E-state index is -0.831. The average molecular weight is 405 g/mol. The molecule has 0 bridgehead atoms. The molecule has 8 heteroatoms. The predicted octanol–water partition coefficient (Wildman–Crippen LogP) is 2.62. The molecule has 0 fully saturated rings. The number of para-hydroxylation sites is 1. The number of nitro benzene ring substituents is 1. The summed E-state index contributed by atoms with van der Waals surface area (Å²) >= 11 is 0. The number of rotatable bonds is 10. The third kappa shape index (κ3) is 5.92. The maximum absolute atomic E-state index is 12.9. The molecule has 1 amide bonds. The van der Waals surface area contributed by atoms with Crippen molar-refractivity contribution < 1.29 is 9.72 Å². The van der Waals surface area contributed by atoms with Crippen LogP contribution in [0.15, 0.2) is 73.3 Å². The van der Waals surface area contributed by atoms with Crippen LogP contribution in [0.5, 0.6) is 0 Å². The van der Waals surface area contributed by atoms with Crippen LogP contribution in [0.25, 0.3) is 0 Å². The number of nitro groups is 1. The number of amides is 1. The van der Waals surface area contributed by atoms with Crippen LogP contribution in [0.2, 0.25) is 0 Å². The summed E-state index contributed by atoms with van der Waals surface area (Å²) in [5.41, 5.74) is 2.33. The lowest BCUT2D eigenvalue weighted by molar-refractivity contribution is -0.385. The van der Waals surface area contributed by atoms with Crippen molar-refractivity contribution >= 4 is 11.6 Å². The normalized spacial score (nSPS) is 11.6. The van der Waals surface area contributed by atoms with Crippen molar-refractivity contribution in [3.8, 4) is 0 Å². The molecule has 2 heterocycles. The summed E-state index contributed by atoms with van der Waals surface area (Å²) in [5, 5.41) is 17.5. The Labute approximate surface area is 174 Å². The molecular weight excluding hydrogens is 382 g/mol. The topological polar surface area (TPSA) is 110 Å².